The lowest BCUT2D eigenvalue weighted by Gasteiger charge is -2.28. The molecule has 2 rings (SSSR count). The van der Waals surface area contributed by atoms with E-state index in [1.54, 1.807) is 7.11 Å². The van der Waals surface area contributed by atoms with Gasteiger partial charge in [0.05, 0.1) is 12.5 Å². The van der Waals surface area contributed by atoms with Crippen LogP contribution in [0.1, 0.15) is 25.7 Å². The average Bonchev–Trinajstić information content (AvgIpc) is 3.01. The number of carbonyl (C=O) groups is 2. The van der Waals surface area contributed by atoms with Crippen LogP contribution in [0.15, 0.2) is 0 Å². The van der Waals surface area contributed by atoms with Gasteiger partial charge in [0.2, 0.25) is 5.91 Å². The molecule has 6 heteroatoms. The standard InChI is InChI=1S/C14H24N2O4/c1-20-6-2-5-15-11(17)8-16-13-10-4-3-9(7-10)12(13)14(18)19/h9-10,12-13,16H,2-8H2,1H3,(H,15,17)(H,18,19). The first-order valence-electron chi connectivity index (χ1n) is 7.35. The van der Waals surface area contributed by atoms with Gasteiger partial charge >= 0.3 is 5.97 Å². The molecule has 4 unspecified atom stereocenters. The molecule has 0 radical (unpaired) electrons. The molecule has 20 heavy (non-hydrogen) atoms. The number of nitrogens with one attached hydrogen (secondary N) is 2. The highest BCUT2D eigenvalue weighted by molar-refractivity contribution is 5.78. The summed E-state index contributed by atoms with van der Waals surface area (Å²) in [6.07, 6.45) is 3.88. The third-order valence-corrected chi connectivity index (χ3v) is 4.55. The second-order valence-electron chi connectivity index (χ2n) is 5.80. The summed E-state index contributed by atoms with van der Waals surface area (Å²) in [5, 5.41) is 15.3. The van der Waals surface area contributed by atoms with Crippen LogP contribution in [0.4, 0.5) is 0 Å². The Labute approximate surface area is 119 Å². The number of rotatable bonds is 8. The van der Waals surface area contributed by atoms with E-state index in [0.29, 0.717) is 25.0 Å². The fraction of sp³-hybridized carbons (Fsp3) is 0.857. The molecular formula is C14H24N2O4. The first-order chi connectivity index (χ1) is 9.63. The Balaban J connectivity index is 1.73. The van der Waals surface area contributed by atoms with Gasteiger partial charge in [-0.15, -0.1) is 0 Å². The summed E-state index contributed by atoms with van der Waals surface area (Å²) in [6.45, 7) is 1.42. The zero-order chi connectivity index (χ0) is 14.5. The largest absolute Gasteiger partial charge is 0.481 e. The van der Waals surface area contributed by atoms with E-state index in [4.69, 9.17) is 4.74 Å². The summed E-state index contributed by atoms with van der Waals surface area (Å²) in [5.74, 6) is -0.416. The van der Waals surface area contributed by atoms with Crippen molar-refractivity contribution in [3.05, 3.63) is 0 Å². The lowest BCUT2D eigenvalue weighted by Crippen LogP contribution is -2.47. The maximum absolute atomic E-state index is 11.7. The van der Waals surface area contributed by atoms with Crippen molar-refractivity contribution in [2.45, 2.75) is 31.7 Å². The number of hydrogen-bond donors (Lipinski definition) is 3. The Hall–Kier alpha value is -1.14. The second kappa shape index (κ2) is 7.04. The molecule has 0 aliphatic heterocycles. The van der Waals surface area contributed by atoms with Gasteiger partial charge in [0, 0.05) is 26.3 Å². The molecule has 0 saturated heterocycles. The third kappa shape index (κ3) is 3.49. The highest BCUT2D eigenvalue weighted by Gasteiger charge is 2.50. The molecule has 1 amide bonds. The number of ether oxygens (including phenoxy) is 1. The zero-order valence-electron chi connectivity index (χ0n) is 11.9. The minimum absolute atomic E-state index is 0.0454. The van der Waals surface area contributed by atoms with E-state index >= 15 is 0 Å². The summed E-state index contributed by atoms with van der Waals surface area (Å²) < 4.78 is 4.91. The molecule has 2 aliphatic carbocycles. The topological polar surface area (TPSA) is 87.7 Å². The molecule has 3 N–H and O–H groups in total. The summed E-state index contributed by atoms with van der Waals surface area (Å²) >= 11 is 0. The lowest BCUT2D eigenvalue weighted by atomic mass is 9.84. The van der Waals surface area contributed by atoms with Crippen molar-refractivity contribution < 1.29 is 19.4 Å². The SMILES string of the molecule is COCCCNC(=O)CNC1C2CCC(C2)C1C(=O)O. The summed E-state index contributed by atoms with van der Waals surface area (Å²) in [5.41, 5.74) is 0. The molecule has 114 valence electrons. The molecule has 0 aromatic heterocycles. The summed E-state index contributed by atoms with van der Waals surface area (Å²) in [7, 11) is 1.63. The van der Waals surface area contributed by atoms with Crippen molar-refractivity contribution in [3.63, 3.8) is 0 Å². The van der Waals surface area contributed by atoms with Crippen molar-refractivity contribution in [3.8, 4) is 0 Å². The zero-order valence-corrected chi connectivity index (χ0v) is 11.9. The van der Waals surface area contributed by atoms with Crippen LogP contribution in [0.5, 0.6) is 0 Å². The highest BCUT2D eigenvalue weighted by Crippen LogP contribution is 2.48. The monoisotopic (exact) mass is 284 g/mol. The van der Waals surface area contributed by atoms with Crippen LogP contribution in [0.2, 0.25) is 0 Å². The van der Waals surface area contributed by atoms with Gasteiger partial charge in [-0.3, -0.25) is 9.59 Å². The molecule has 2 bridgehead atoms. The Morgan fingerprint density at radius 3 is 2.75 bits per heavy atom. The summed E-state index contributed by atoms with van der Waals surface area (Å²) in [4.78, 5) is 23.0. The number of carboxylic acids is 1. The molecular weight excluding hydrogens is 260 g/mol. The van der Waals surface area contributed by atoms with Crippen molar-refractivity contribution >= 4 is 11.9 Å². The van der Waals surface area contributed by atoms with Gasteiger partial charge < -0.3 is 20.5 Å². The normalized spacial score (nSPS) is 31.4. The molecule has 4 atom stereocenters. The lowest BCUT2D eigenvalue weighted by molar-refractivity contribution is -0.144. The van der Waals surface area contributed by atoms with Gasteiger partial charge in [-0.2, -0.15) is 0 Å². The van der Waals surface area contributed by atoms with Crippen LogP contribution in [0, 0.1) is 17.8 Å². The van der Waals surface area contributed by atoms with Gasteiger partial charge in [0.25, 0.3) is 0 Å². The molecule has 2 aliphatic rings. The third-order valence-electron chi connectivity index (χ3n) is 4.55. The number of fused-ring (bicyclic) bond motifs is 2. The van der Waals surface area contributed by atoms with Gasteiger partial charge in [-0.05, 0) is 37.5 Å². The fourth-order valence-electron chi connectivity index (χ4n) is 3.66. The molecule has 2 saturated carbocycles. The smallest absolute Gasteiger partial charge is 0.308 e. The van der Waals surface area contributed by atoms with Crippen LogP contribution in [-0.2, 0) is 14.3 Å². The number of hydrogen-bond acceptors (Lipinski definition) is 4. The van der Waals surface area contributed by atoms with Crippen molar-refractivity contribution in [2.75, 3.05) is 26.8 Å². The van der Waals surface area contributed by atoms with Crippen molar-refractivity contribution in [1.82, 2.24) is 10.6 Å². The minimum Gasteiger partial charge on any atom is -0.481 e. The average molecular weight is 284 g/mol. The quantitative estimate of drug-likeness (QED) is 0.555. The first-order valence-corrected chi connectivity index (χ1v) is 7.35. The van der Waals surface area contributed by atoms with Crippen LogP contribution >= 0.6 is 0 Å². The van der Waals surface area contributed by atoms with Crippen LogP contribution in [0.25, 0.3) is 0 Å². The predicted molar refractivity (Wildman–Crippen MR) is 73.3 cm³/mol. The Kier molecular flexibility index (Phi) is 5.37. The number of amides is 1. The maximum atomic E-state index is 11.7. The Bertz CT molecular complexity index is 361. The van der Waals surface area contributed by atoms with E-state index < -0.39 is 5.97 Å². The van der Waals surface area contributed by atoms with E-state index in [1.165, 1.54) is 0 Å². The van der Waals surface area contributed by atoms with Crippen LogP contribution in [-0.4, -0.2) is 49.8 Å². The van der Waals surface area contributed by atoms with Crippen molar-refractivity contribution in [2.24, 2.45) is 17.8 Å². The van der Waals surface area contributed by atoms with Crippen molar-refractivity contribution in [1.29, 1.82) is 0 Å². The highest BCUT2D eigenvalue weighted by atomic mass is 16.5. The molecule has 6 nitrogen and oxygen atoms in total. The molecule has 2 fully saturated rings. The van der Waals surface area contributed by atoms with Gasteiger partial charge in [-0.1, -0.05) is 0 Å². The van der Waals surface area contributed by atoms with E-state index in [9.17, 15) is 14.7 Å². The van der Waals surface area contributed by atoms with Gasteiger partial charge in [0.1, 0.15) is 0 Å². The molecule has 0 aromatic carbocycles. The van der Waals surface area contributed by atoms with Gasteiger partial charge in [0.15, 0.2) is 0 Å². The van der Waals surface area contributed by atoms with E-state index in [2.05, 4.69) is 10.6 Å². The number of carbonyl (C=O) groups excluding carboxylic acids is 1. The molecule has 0 spiro atoms. The fourth-order valence-corrected chi connectivity index (χ4v) is 3.66. The molecule has 0 aromatic rings. The van der Waals surface area contributed by atoms with Gasteiger partial charge in [-0.25, -0.2) is 0 Å². The molecule has 0 heterocycles. The van der Waals surface area contributed by atoms with E-state index in [0.717, 1.165) is 25.7 Å². The first kappa shape index (κ1) is 15.3. The summed E-state index contributed by atoms with van der Waals surface area (Å²) in [6, 6.07) is -0.0454. The second-order valence-corrected chi connectivity index (χ2v) is 5.80. The maximum Gasteiger partial charge on any atom is 0.308 e. The van der Waals surface area contributed by atoms with Crippen LogP contribution in [0.3, 0.4) is 0 Å². The van der Waals surface area contributed by atoms with E-state index in [-0.39, 0.29) is 24.4 Å². The number of aliphatic carboxylic acids is 1. The minimum atomic E-state index is -0.727. The van der Waals surface area contributed by atoms with Crippen LogP contribution < -0.4 is 10.6 Å². The van der Waals surface area contributed by atoms with E-state index in [1.807, 2.05) is 0 Å². The number of carboxylic acid groups (broad SMARTS) is 1. The Morgan fingerprint density at radius 2 is 2.05 bits per heavy atom. The predicted octanol–water partition coefficient (Wildman–Crippen LogP) is 0.228. The number of methoxy groups -OCH3 is 1. The Morgan fingerprint density at radius 1 is 1.30 bits per heavy atom.